The zero-order valence-corrected chi connectivity index (χ0v) is 12.2. The lowest BCUT2D eigenvalue weighted by Crippen LogP contribution is -2.25. The van der Waals surface area contributed by atoms with E-state index in [1.54, 1.807) is 0 Å². The number of hydrogen-bond acceptors (Lipinski definition) is 2. The summed E-state index contributed by atoms with van der Waals surface area (Å²) in [6, 6.07) is 0. The van der Waals surface area contributed by atoms with Gasteiger partial charge in [-0.15, -0.1) is 0 Å². The lowest BCUT2D eigenvalue weighted by Gasteiger charge is -2.34. The predicted octanol–water partition coefficient (Wildman–Crippen LogP) is 4.34. The minimum atomic E-state index is -1.67. The second-order valence-electron chi connectivity index (χ2n) is 6.29. The highest BCUT2D eigenvalue weighted by Gasteiger charge is 2.31. The number of rotatable bonds is 7. The summed E-state index contributed by atoms with van der Waals surface area (Å²) >= 11 is 0. The number of aliphatic hydroxyl groups excluding tert-OH is 2. The van der Waals surface area contributed by atoms with Crippen molar-refractivity contribution in [3.05, 3.63) is 0 Å². The summed E-state index contributed by atoms with van der Waals surface area (Å²) in [6.45, 7) is 0.249. The van der Waals surface area contributed by atoms with E-state index in [1.807, 2.05) is 0 Å². The Morgan fingerprint density at radius 3 is 2.00 bits per heavy atom. The molecule has 2 N–H and O–H groups in total. The fraction of sp³-hybridized carbons (Fsp3) is 1.00. The number of hydrogen-bond donors (Lipinski definition) is 2. The van der Waals surface area contributed by atoms with Gasteiger partial charge < -0.3 is 10.2 Å². The maximum Gasteiger partial charge on any atom is 0.196 e. The Hall–Kier alpha value is -0.150. The van der Waals surface area contributed by atoms with Crippen molar-refractivity contribution in [1.29, 1.82) is 0 Å². The smallest absolute Gasteiger partial charge is 0.196 e. The van der Waals surface area contributed by atoms with Gasteiger partial charge in [-0.2, -0.15) is 0 Å². The van der Waals surface area contributed by atoms with Gasteiger partial charge in [-0.25, -0.2) is 4.39 Å². The molecule has 0 aromatic rings. The molecule has 3 heteroatoms. The molecule has 0 aromatic heterocycles. The van der Waals surface area contributed by atoms with Crippen LogP contribution in [0.1, 0.15) is 83.5 Å². The van der Waals surface area contributed by atoms with E-state index in [4.69, 9.17) is 5.11 Å². The maximum atomic E-state index is 13.2. The summed E-state index contributed by atoms with van der Waals surface area (Å²) in [4.78, 5) is 0. The molecule has 1 aliphatic rings. The Bertz CT molecular complexity index is 209. The number of aliphatic hydroxyl groups is 2. The van der Waals surface area contributed by atoms with Crippen LogP contribution in [-0.2, 0) is 0 Å². The highest BCUT2D eigenvalue weighted by atomic mass is 19.1. The van der Waals surface area contributed by atoms with Gasteiger partial charge in [0.2, 0.25) is 0 Å². The molecule has 0 saturated heterocycles. The summed E-state index contributed by atoms with van der Waals surface area (Å²) in [6.07, 6.45) is 12.1. The molecule has 1 aliphatic carbocycles. The van der Waals surface area contributed by atoms with Crippen LogP contribution in [0, 0.1) is 5.41 Å². The molecular weight excluding hydrogens is 243 g/mol. The molecule has 0 aliphatic heterocycles. The minimum Gasteiger partial charge on any atom is -0.396 e. The SMILES string of the molecule is OCCCCCC1(CC(O)F)CCCCCCCC1. The number of halogens is 1. The van der Waals surface area contributed by atoms with E-state index in [0.717, 1.165) is 38.5 Å². The van der Waals surface area contributed by atoms with Crippen molar-refractivity contribution >= 4 is 0 Å². The van der Waals surface area contributed by atoms with Crippen LogP contribution in [0.25, 0.3) is 0 Å². The first-order valence-electron chi connectivity index (χ1n) is 8.12. The first-order chi connectivity index (χ1) is 9.18. The Labute approximate surface area is 117 Å². The van der Waals surface area contributed by atoms with Gasteiger partial charge >= 0.3 is 0 Å². The van der Waals surface area contributed by atoms with Gasteiger partial charge in [0.1, 0.15) is 0 Å². The molecule has 1 saturated carbocycles. The Balaban J connectivity index is 2.53. The third-order valence-corrected chi connectivity index (χ3v) is 4.63. The second-order valence-corrected chi connectivity index (χ2v) is 6.29. The van der Waals surface area contributed by atoms with Crippen LogP contribution >= 0.6 is 0 Å². The number of alkyl halides is 1. The third kappa shape index (κ3) is 7.26. The normalized spacial score (nSPS) is 22.3. The average molecular weight is 274 g/mol. The lowest BCUT2D eigenvalue weighted by molar-refractivity contribution is -0.0155. The largest absolute Gasteiger partial charge is 0.396 e. The van der Waals surface area contributed by atoms with Crippen LogP contribution in [0.4, 0.5) is 4.39 Å². The van der Waals surface area contributed by atoms with Crippen molar-refractivity contribution in [2.24, 2.45) is 5.41 Å². The van der Waals surface area contributed by atoms with Crippen LogP contribution in [0.2, 0.25) is 0 Å². The highest BCUT2D eigenvalue weighted by Crippen LogP contribution is 2.42. The van der Waals surface area contributed by atoms with Crippen LogP contribution in [0.3, 0.4) is 0 Å². The first-order valence-corrected chi connectivity index (χ1v) is 8.12. The summed E-state index contributed by atoms with van der Waals surface area (Å²) in [5.74, 6) is 0. The van der Waals surface area contributed by atoms with Crippen LogP contribution in [0.15, 0.2) is 0 Å². The Kier molecular flexibility index (Phi) is 8.64. The van der Waals surface area contributed by atoms with Gasteiger partial charge in [-0.05, 0) is 31.1 Å². The summed E-state index contributed by atoms with van der Waals surface area (Å²) in [5, 5.41) is 18.0. The summed E-state index contributed by atoms with van der Waals surface area (Å²) in [5.41, 5.74) is 0.00790. The Morgan fingerprint density at radius 2 is 1.47 bits per heavy atom. The molecule has 114 valence electrons. The lowest BCUT2D eigenvalue weighted by atomic mass is 9.72. The monoisotopic (exact) mass is 274 g/mol. The maximum absolute atomic E-state index is 13.2. The van der Waals surface area contributed by atoms with Gasteiger partial charge in [0.25, 0.3) is 0 Å². The van der Waals surface area contributed by atoms with E-state index in [2.05, 4.69) is 0 Å². The second kappa shape index (κ2) is 9.71. The molecule has 0 heterocycles. The quantitative estimate of drug-likeness (QED) is 0.678. The highest BCUT2D eigenvalue weighted by molar-refractivity contribution is 4.81. The van der Waals surface area contributed by atoms with E-state index >= 15 is 0 Å². The molecule has 1 rings (SSSR count). The van der Waals surface area contributed by atoms with Crippen molar-refractivity contribution in [1.82, 2.24) is 0 Å². The van der Waals surface area contributed by atoms with E-state index < -0.39 is 6.36 Å². The Morgan fingerprint density at radius 1 is 0.895 bits per heavy atom. The van der Waals surface area contributed by atoms with Gasteiger partial charge in [0.05, 0.1) is 0 Å². The van der Waals surface area contributed by atoms with Crippen LogP contribution < -0.4 is 0 Å². The fourth-order valence-corrected chi connectivity index (χ4v) is 3.53. The average Bonchev–Trinajstić information content (AvgIpc) is 2.47. The molecule has 0 bridgehead atoms. The van der Waals surface area contributed by atoms with Crippen molar-refractivity contribution in [3.63, 3.8) is 0 Å². The molecule has 2 nitrogen and oxygen atoms in total. The standard InChI is InChI=1S/C16H31FO2/c17-15(19)14-16(12-8-5-9-13-18)10-6-3-1-2-4-7-11-16/h15,18-19H,1-14H2. The molecule has 1 atom stereocenters. The van der Waals surface area contributed by atoms with Crippen molar-refractivity contribution in [3.8, 4) is 0 Å². The van der Waals surface area contributed by atoms with Crippen molar-refractivity contribution in [2.45, 2.75) is 89.8 Å². The minimum absolute atomic E-state index is 0.00790. The van der Waals surface area contributed by atoms with Gasteiger partial charge in [0.15, 0.2) is 6.36 Å². The van der Waals surface area contributed by atoms with E-state index in [9.17, 15) is 9.50 Å². The number of unbranched alkanes of at least 4 members (excludes halogenated alkanes) is 2. The van der Waals surface area contributed by atoms with E-state index in [0.29, 0.717) is 6.42 Å². The molecular formula is C16H31FO2. The van der Waals surface area contributed by atoms with E-state index in [1.165, 1.54) is 38.5 Å². The van der Waals surface area contributed by atoms with Crippen LogP contribution in [0.5, 0.6) is 0 Å². The summed E-state index contributed by atoms with van der Waals surface area (Å²) < 4.78 is 13.2. The summed E-state index contributed by atoms with van der Waals surface area (Å²) in [7, 11) is 0. The first kappa shape index (κ1) is 16.9. The predicted molar refractivity (Wildman–Crippen MR) is 76.7 cm³/mol. The molecule has 0 radical (unpaired) electrons. The van der Waals surface area contributed by atoms with Gasteiger partial charge in [-0.3, -0.25) is 0 Å². The zero-order valence-electron chi connectivity index (χ0n) is 12.2. The molecule has 0 aromatic carbocycles. The molecule has 19 heavy (non-hydrogen) atoms. The van der Waals surface area contributed by atoms with Crippen LogP contribution in [-0.4, -0.2) is 23.2 Å². The molecule has 0 amide bonds. The third-order valence-electron chi connectivity index (χ3n) is 4.63. The molecule has 1 unspecified atom stereocenters. The molecule has 1 fully saturated rings. The zero-order chi connectivity index (χ0) is 14.0. The molecule has 0 spiro atoms. The van der Waals surface area contributed by atoms with Gasteiger partial charge in [-0.1, -0.05) is 51.4 Å². The fourth-order valence-electron chi connectivity index (χ4n) is 3.53. The van der Waals surface area contributed by atoms with E-state index in [-0.39, 0.29) is 12.0 Å². The van der Waals surface area contributed by atoms with Gasteiger partial charge in [0, 0.05) is 13.0 Å². The topological polar surface area (TPSA) is 40.5 Å². The van der Waals surface area contributed by atoms with Crippen molar-refractivity contribution < 1.29 is 14.6 Å². The van der Waals surface area contributed by atoms with Crippen molar-refractivity contribution in [2.75, 3.05) is 6.61 Å².